The second-order valence-corrected chi connectivity index (χ2v) is 5.16. The minimum absolute atomic E-state index is 0.409. The zero-order valence-electron chi connectivity index (χ0n) is 11.3. The summed E-state index contributed by atoms with van der Waals surface area (Å²) in [6.07, 6.45) is 0.686. The number of amides is 1. The molecule has 1 aromatic heterocycles. The van der Waals surface area contributed by atoms with Crippen molar-refractivity contribution in [3.63, 3.8) is 0 Å². The first-order valence-corrected chi connectivity index (χ1v) is 7.01. The van der Waals surface area contributed by atoms with Gasteiger partial charge in [0.05, 0.1) is 17.6 Å². The van der Waals surface area contributed by atoms with E-state index in [1.807, 2.05) is 48.5 Å². The average Bonchev–Trinajstić information content (AvgIpc) is 2.85. The van der Waals surface area contributed by atoms with E-state index in [0.717, 1.165) is 27.4 Å². The van der Waals surface area contributed by atoms with E-state index in [9.17, 15) is 4.79 Å². The van der Waals surface area contributed by atoms with E-state index in [4.69, 9.17) is 11.6 Å². The maximum Gasteiger partial charge on any atom is 0.207 e. The van der Waals surface area contributed by atoms with Gasteiger partial charge in [-0.1, -0.05) is 35.9 Å². The number of benzene rings is 2. The largest absolute Gasteiger partial charge is 0.351 e. The maximum atomic E-state index is 10.5. The van der Waals surface area contributed by atoms with E-state index in [1.165, 1.54) is 0 Å². The van der Waals surface area contributed by atoms with Gasteiger partial charge < -0.3 is 9.88 Å². The summed E-state index contributed by atoms with van der Waals surface area (Å²) < 4.78 is 2.11. The molecule has 0 unspecified atom stereocenters. The van der Waals surface area contributed by atoms with Crippen LogP contribution in [0.4, 0.5) is 0 Å². The van der Waals surface area contributed by atoms with Crippen LogP contribution in [0.2, 0.25) is 5.02 Å². The number of fused-ring (bicyclic) bond motifs is 1. The molecule has 1 heterocycles. The molecule has 2 aromatic carbocycles. The first kappa shape index (κ1) is 13.6. The van der Waals surface area contributed by atoms with E-state index in [0.29, 0.717) is 19.5 Å². The molecule has 1 amide bonds. The van der Waals surface area contributed by atoms with Gasteiger partial charge >= 0.3 is 0 Å². The highest BCUT2D eigenvalue weighted by Crippen LogP contribution is 2.19. The molecule has 5 heteroatoms. The average molecular weight is 300 g/mol. The molecule has 0 radical (unpaired) electrons. The van der Waals surface area contributed by atoms with E-state index in [2.05, 4.69) is 14.9 Å². The summed E-state index contributed by atoms with van der Waals surface area (Å²) >= 11 is 5.92. The van der Waals surface area contributed by atoms with Gasteiger partial charge in [0.15, 0.2) is 0 Å². The maximum absolute atomic E-state index is 10.5. The van der Waals surface area contributed by atoms with Crippen molar-refractivity contribution in [3.8, 4) is 0 Å². The molecule has 0 fully saturated rings. The summed E-state index contributed by atoms with van der Waals surface area (Å²) in [6.45, 7) is 1.10. The fraction of sp³-hybridized carbons (Fsp3) is 0.125. The minimum Gasteiger partial charge on any atom is -0.351 e. The summed E-state index contributed by atoms with van der Waals surface area (Å²) in [6, 6.07) is 15.7. The van der Waals surface area contributed by atoms with Gasteiger partial charge in [0.2, 0.25) is 6.41 Å². The molecule has 0 saturated heterocycles. The van der Waals surface area contributed by atoms with Crippen molar-refractivity contribution in [1.29, 1.82) is 0 Å². The van der Waals surface area contributed by atoms with Crippen LogP contribution in [0.5, 0.6) is 0 Å². The lowest BCUT2D eigenvalue weighted by atomic mass is 10.2. The van der Waals surface area contributed by atoms with E-state index in [-0.39, 0.29) is 0 Å². The smallest absolute Gasteiger partial charge is 0.207 e. The summed E-state index contributed by atoms with van der Waals surface area (Å²) in [4.78, 5) is 15.1. The van der Waals surface area contributed by atoms with Crippen LogP contribution in [0.15, 0.2) is 48.5 Å². The summed E-state index contributed by atoms with van der Waals surface area (Å²) in [5, 5.41) is 3.40. The summed E-state index contributed by atoms with van der Waals surface area (Å²) in [7, 11) is 0. The molecule has 21 heavy (non-hydrogen) atoms. The zero-order chi connectivity index (χ0) is 14.7. The lowest BCUT2D eigenvalue weighted by Crippen LogP contribution is -2.15. The Morgan fingerprint density at radius 1 is 1.14 bits per heavy atom. The molecule has 3 aromatic rings. The van der Waals surface area contributed by atoms with Crippen LogP contribution in [0.3, 0.4) is 0 Å². The molecular weight excluding hydrogens is 286 g/mol. The van der Waals surface area contributed by atoms with Crippen molar-refractivity contribution in [1.82, 2.24) is 14.9 Å². The monoisotopic (exact) mass is 299 g/mol. The molecule has 0 spiro atoms. The van der Waals surface area contributed by atoms with Gasteiger partial charge in [-0.2, -0.15) is 0 Å². The van der Waals surface area contributed by atoms with Crippen LogP contribution in [0.1, 0.15) is 11.4 Å². The third kappa shape index (κ3) is 2.90. The highest BCUT2D eigenvalue weighted by atomic mass is 35.5. The number of halogens is 1. The Morgan fingerprint density at radius 3 is 2.67 bits per heavy atom. The van der Waals surface area contributed by atoms with Crippen molar-refractivity contribution >= 4 is 29.0 Å². The molecule has 0 aliphatic heterocycles. The van der Waals surface area contributed by atoms with Crippen molar-refractivity contribution in [2.24, 2.45) is 0 Å². The quantitative estimate of drug-likeness (QED) is 0.736. The fourth-order valence-corrected chi connectivity index (χ4v) is 2.47. The Kier molecular flexibility index (Phi) is 3.88. The number of rotatable bonds is 5. The number of aromatic nitrogens is 2. The number of carbonyl (C=O) groups excluding carboxylic acids is 1. The Bertz CT molecular complexity index is 765. The second kappa shape index (κ2) is 5.97. The van der Waals surface area contributed by atoms with E-state index in [1.54, 1.807) is 0 Å². The van der Waals surface area contributed by atoms with Gasteiger partial charge in [-0.25, -0.2) is 4.98 Å². The molecule has 1 N–H and O–H groups in total. The van der Waals surface area contributed by atoms with Crippen molar-refractivity contribution in [3.05, 3.63) is 64.9 Å². The highest BCUT2D eigenvalue weighted by molar-refractivity contribution is 6.30. The number of hydrogen-bond donors (Lipinski definition) is 1. The third-order valence-electron chi connectivity index (χ3n) is 3.33. The third-order valence-corrected chi connectivity index (χ3v) is 3.58. The molecule has 4 nitrogen and oxygen atoms in total. The van der Waals surface area contributed by atoms with Crippen LogP contribution in [0, 0.1) is 0 Å². The minimum atomic E-state index is 0.409. The highest BCUT2D eigenvalue weighted by Gasteiger charge is 2.10. The number of para-hydroxylation sites is 2. The predicted octanol–water partition coefficient (Wildman–Crippen LogP) is 2.98. The Labute approximate surface area is 127 Å². The van der Waals surface area contributed by atoms with Crippen LogP contribution in [0.25, 0.3) is 11.0 Å². The van der Waals surface area contributed by atoms with E-state index >= 15 is 0 Å². The van der Waals surface area contributed by atoms with Crippen LogP contribution < -0.4 is 5.32 Å². The number of carbonyl (C=O) groups is 1. The molecule has 0 aliphatic carbocycles. The van der Waals surface area contributed by atoms with Crippen molar-refractivity contribution in [2.75, 3.05) is 0 Å². The molecule has 0 atom stereocenters. The first-order valence-electron chi connectivity index (χ1n) is 6.63. The SMILES string of the molecule is O=CNCc1nc2ccccc2n1Cc1ccc(Cl)cc1. The van der Waals surface area contributed by atoms with Gasteiger partial charge in [-0.15, -0.1) is 0 Å². The van der Waals surface area contributed by atoms with E-state index < -0.39 is 0 Å². The van der Waals surface area contributed by atoms with Gasteiger partial charge in [0.25, 0.3) is 0 Å². The van der Waals surface area contributed by atoms with Gasteiger partial charge in [0.1, 0.15) is 5.82 Å². The lowest BCUT2D eigenvalue weighted by molar-refractivity contribution is -0.109. The molecule has 106 valence electrons. The normalized spacial score (nSPS) is 10.7. The number of imidazole rings is 1. The zero-order valence-corrected chi connectivity index (χ0v) is 12.0. The number of nitrogens with zero attached hydrogens (tertiary/aromatic N) is 2. The molecule has 0 bridgehead atoms. The predicted molar refractivity (Wildman–Crippen MR) is 83.2 cm³/mol. The van der Waals surface area contributed by atoms with Crippen LogP contribution in [-0.4, -0.2) is 16.0 Å². The molecule has 0 aliphatic rings. The van der Waals surface area contributed by atoms with Crippen LogP contribution in [-0.2, 0) is 17.9 Å². The number of nitrogens with one attached hydrogen (secondary N) is 1. The number of hydrogen-bond acceptors (Lipinski definition) is 2. The first-order chi connectivity index (χ1) is 10.3. The van der Waals surface area contributed by atoms with Gasteiger partial charge in [0, 0.05) is 11.6 Å². The molecule has 3 rings (SSSR count). The Balaban J connectivity index is 2.01. The molecule has 0 saturated carbocycles. The Hall–Kier alpha value is -2.33. The van der Waals surface area contributed by atoms with Crippen LogP contribution >= 0.6 is 11.6 Å². The molecular formula is C16H14ClN3O. The summed E-state index contributed by atoms with van der Waals surface area (Å²) in [5.74, 6) is 0.832. The van der Waals surface area contributed by atoms with Gasteiger partial charge in [-0.05, 0) is 29.8 Å². The Morgan fingerprint density at radius 2 is 1.90 bits per heavy atom. The van der Waals surface area contributed by atoms with Crippen molar-refractivity contribution < 1.29 is 4.79 Å². The lowest BCUT2D eigenvalue weighted by Gasteiger charge is -2.09. The van der Waals surface area contributed by atoms with Crippen molar-refractivity contribution in [2.45, 2.75) is 13.1 Å². The topological polar surface area (TPSA) is 46.9 Å². The fourth-order valence-electron chi connectivity index (χ4n) is 2.34. The second-order valence-electron chi connectivity index (χ2n) is 4.73. The van der Waals surface area contributed by atoms with Gasteiger partial charge in [-0.3, -0.25) is 4.79 Å². The summed E-state index contributed by atoms with van der Waals surface area (Å²) in [5.41, 5.74) is 3.11. The standard InChI is InChI=1S/C16H14ClN3O/c17-13-7-5-12(6-8-13)10-20-15-4-2-1-3-14(15)19-16(20)9-18-11-21/h1-8,11H,9-10H2,(H,18,21).